The van der Waals surface area contributed by atoms with E-state index in [0.29, 0.717) is 0 Å². The molecule has 2 fully saturated rings. The number of halogens is 1. The summed E-state index contributed by atoms with van der Waals surface area (Å²) in [5.41, 5.74) is 9.64. The van der Waals surface area contributed by atoms with Crippen molar-refractivity contribution in [2.75, 3.05) is 0 Å². The second-order valence-corrected chi connectivity index (χ2v) is 40.4. The van der Waals surface area contributed by atoms with Crippen LogP contribution >= 0.6 is 23.5 Å². The number of aryl methyl sites for hydroxylation is 2. The van der Waals surface area contributed by atoms with E-state index in [2.05, 4.69) is 283 Å². The number of hydrogen-bond donors (Lipinski definition) is 0. The molecule has 454 valence electrons. The quantitative estimate of drug-likeness (QED) is 0.121. The molecule has 4 heterocycles. The van der Waals surface area contributed by atoms with E-state index in [4.69, 9.17) is 0 Å². The third-order valence-electron chi connectivity index (χ3n) is 17.8. The number of fused-ring (bicyclic) bond motifs is 4. The van der Waals surface area contributed by atoms with E-state index in [1.165, 1.54) is 65.7 Å². The second-order valence-electron chi connectivity index (χ2n) is 29.1. The third-order valence-corrected chi connectivity index (χ3v) is 28.2. The van der Waals surface area contributed by atoms with Crippen molar-refractivity contribution in [3.05, 3.63) is 244 Å². The molecule has 2 aliphatic carbocycles. The number of thioether (sulfide) groups is 2. The zero-order chi connectivity index (χ0) is 61.2. The molecule has 0 bridgehead atoms. The first-order valence-electron chi connectivity index (χ1n) is 30.2. The van der Waals surface area contributed by atoms with Crippen molar-refractivity contribution >= 4 is 72.0 Å². The Kier molecular flexibility index (Phi) is 22.8. The van der Waals surface area contributed by atoms with Crippen molar-refractivity contribution in [3.63, 3.8) is 0 Å². The fraction of sp³-hybridized carbons (Fsp3) is 0.333. The van der Waals surface area contributed by atoms with Gasteiger partial charge in [-0.2, -0.15) is 12.1 Å². The largest absolute Gasteiger partial charge is 1.00 e. The van der Waals surface area contributed by atoms with Gasteiger partial charge >= 0.3 is 0 Å². The standard InChI is InChI=1S/C16H13.2C14H22O.C14H11.2C10H12SSi.ClH.2Zr/c1-12-10-14-8-5-9-15(16(14)11-12)13-6-3-2-4-7-13;2*1-13(2,3)10-7-8-12(15)11(9-10)14(4,5)6;1-10-8-12-7-6-11-4-2-3-5-13(11)14(12)9-10;2*1-6-10-9-7(11-6)4-5-8(9)12(10,2)3;;;/h2-11H,1H3;2*7-9,15H,1-6H3;2-9H,1H3;2*4-5,9H,1-3H3;1H;;/q-1;;;-1;;;;;/p-3. The normalized spacial score (nSPS) is 17.7. The van der Waals surface area contributed by atoms with Gasteiger partial charge < -0.3 is 22.6 Å². The van der Waals surface area contributed by atoms with Gasteiger partial charge in [-0.1, -0.05) is 317 Å². The van der Waals surface area contributed by atoms with Gasteiger partial charge in [0.25, 0.3) is 0 Å². The zero-order valence-electron chi connectivity index (χ0n) is 55.3. The molecule has 14 rings (SSSR count). The molecule has 2 nitrogen and oxygen atoms in total. The average molecular weight is 1400 g/mol. The van der Waals surface area contributed by atoms with Crippen LogP contribution in [-0.4, -0.2) is 16.1 Å². The van der Waals surface area contributed by atoms with Crippen molar-refractivity contribution in [1.29, 1.82) is 0 Å². The van der Waals surface area contributed by atoms with Gasteiger partial charge in [0.15, 0.2) is 0 Å². The number of allylic oxidation sites excluding steroid dienone is 12. The molecule has 6 aliphatic rings. The van der Waals surface area contributed by atoms with Crippen molar-refractivity contribution in [2.24, 2.45) is 11.8 Å². The van der Waals surface area contributed by atoms with Crippen molar-refractivity contribution < 1.29 is 75.0 Å². The van der Waals surface area contributed by atoms with E-state index in [-0.39, 0.29) is 98.0 Å². The Labute approximate surface area is 578 Å². The van der Waals surface area contributed by atoms with Gasteiger partial charge in [-0.15, -0.1) is 74.5 Å². The van der Waals surface area contributed by atoms with Crippen LogP contribution in [0.5, 0.6) is 11.5 Å². The van der Waals surface area contributed by atoms with E-state index in [1.807, 2.05) is 46.0 Å². The molecule has 0 radical (unpaired) electrons. The summed E-state index contributed by atoms with van der Waals surface area (Å²) in [6.45, 7) is 44.3. The van der Waals surface area contributed by atoms with Crippen LogP contribution < -0.4 is 22.6 Å². The Hall–Kier alpha value is -3.97. The summed E-state index contributed by atoms with van der Waals surface area (Å²) in [4.78, 5) is 6.42. The van der Waals surface area contributed by atoms with Gasteiger partial charge in [-0.05, 0) is 77.2 Å². The third kappa shape index (κ3) is 15.2. The van der Waals surface area contributed by atoms with Crippen LogP contribution in [0.25, 0.3) is 43.4 Å². The monoisotopic (exact) mass is 1390 g/mol. The first-order valence-corrected chi connectivity index (χ1v) is 37.8. The van der Waals surface area contributed by atoms with E-state index in [0.717, 1.165) is 23.0 Å². The van der Waals surface area contributed by atoms with Crippen LogP contribution in [0.2, 0.25) is 26.2 Å². The molecule has 2 unspecified atom stereocenters. The molecule has 0 spiro atoms. The van der Waals surface area contributed by atoms with Crippen LogP contribution in [0, 0.1) is 25.7 Å². The molecule has 2 atom stereocenters. The Bertz CT molecular complexity index is 3880. The second kappa shape index (κ2) is 27.5. The molecule has 9 heteroatoms. The molecule has 87 heavy (non-hydrogen) atoms. The molecular weight excluding hydrogens is 1310 g/mol. The molecule has 0 amide bonds. The fourth-order valence-electron chi connectivity index (χ4n) is 13.1. The van der Waals surface area contributed by atoms with Crippen molar-refractivity contribution in [3.8, 4) is 22.6 Å². The average Bonchev–Trinajstić information content (AvgIpc) is 1.57. The topological polar surface area (TPSA) is 46.1 Å². The first kappa shape index (κ1) is 72.1. The number of rotatable bonds is 1. The minimum atomic E-state index is -1.06. The molecule has 8 aromatic rings. The summed E-state index contributed by atoms with van der Waals surface area (Å²) in [5.74, 6) is 1.87. The van der Waals surface area contributed by atoms with E-state index >= 15 is 0 Å². The van der Waals surface area contributed by atoms with Gasteiger partial charge in [-0.3, -0.25) is 0 Å². The van der Waals surface area contributed by atoms with Crippen molar-refractivity contribution in [2.45, 2.75) is 159 Å². The minimum Gasteiger partial charge on any atom is -1.00 e. The summed E-state index contributed by atoms with van der Waals surface area (Å²) in [6, 6.07) is 50.4. The number of hydrogen-bond acceptors (Lipinski definition) is 4. The van der Waals surface area contributed by atoms with Crippen LogP contribution in [0.4, 0.5) is 0 Å². The van der Waals surface area contributed by atoms with Gasteiger partial charge in [0.05, 0.1) is 0 Å². The molecule has 0 N–H and O–H groups in total. The van der Waals surface area contributed by atoms with Crippen LogP contribution in [-0.2, 0) is 74.1 Å². The Morgan fingerprint density at radius 2 is 0.851 bits per heavy atom. The fourth-order valence-corrected chi connectivity index (χ4v) is 24.6. The van der Waals surface area contributed by atoms with Crippen LogP contribution in [0.15, 0.2) is 210 Å². The zero-order valence-corrected chi connectivity index (χ0v) is 64.6. The Morgan fingerprint density at radius 3 is 1.30 bits per heavy atom. The summed E-state index contributed by atoms with van der Waals surface area (Å²) in [7, 11) is -2.13. The maximum atomic E-state index is 11.7. The van der Waals surface area contributed by atoms with E-state index in [1.54, 1.807) is 42.1 Å². The SMILES string of the molecule is CC(C)(C)c1ccc([O-])c(C(C)(C)C)c1.CC(C)(C)c1ccc([O-])c(C(C)(C)C)c1.CC1=C2C3C(=CC=C3[Si]2(C)C)S1.CC1=C2C3C(=CC=C3[Si]2(C)C)S1.Cc1cc2c(-c3ccccc3)cccc2[cH-]1.Cc1cc2c(ccc3ccccc32)[cH-]1.[Cl-].[Zr].[Zr]. The predicted molar refractivity (Wildman–Crippen MR) is 373 cm³/mol. The van der Waals surface area contributed by atoms with Crippen molar-refractivity contribution in [1.82, 2.24) is 0 Å². The first-order chi connectivity index (χ1) is 39.2. The van der Waals surface area contributed by atoms with E-state index < -0.39 is 16.1 Å². The molecular formula is C78H90ClO2S2Si2Zr2-5. The summed E-state index contributed by atoms with van der Waals surface area (Å²) in [5, 5.41) is 38.8. The summed E-state index contributed by atoms with van der Waals surface area (Å²) in [6.07, 6.45) is 9.44. The van der Waals surface area contributed by atoms with Crippen LogP contribution in [0.1, 0.15) is 130 Å². The summed E-state index contributed by atoms with van der Waals surface area (Å²) >= 11 is 4.02. The van der Waals surface area contributed by atoms with Gasteiger partial charge in [0.1, 0.15) is 16.1 Å². The smallest absolute Gasteiger partial charge is 0.106 e. The molecule has 0 aromatic heterocycles. The number of benzene rings is 6. The molecule has 2 saturated heterocycles. The summed E-state index contributed by atoms with van der Waals surface area (Å²) < 4.78 is 0. The van der Waals surface area contributed by atoms with Gasteiger partial charge in [-0.25, -0.2) is 0 Å². The maximum absolute atomic E-state index is 11.7. The molecule has 4 aliphatic heterocycles. The molecule has 0 saturated carbocycles. The van der Waals surface area contributed by atoms with Crippen LogP contribution in [0.3, 0.4) is 0 Å². The Balaban J connectivity index is 0.000000166. The van der Waals surface area contributed by atoms with Gasteiger partial charge in [0, 0.05) is 64.2 Å². The predicted octanol–water partition coefficient (Wildman–Crippen LogP) is 18.8. The molecule has 8 aromatic carbocycles. The van der Waals surface area contributed by atoms with E-state index in [9.17, 15) is 10.2 Å². The maximum Gasteiger partial charge on any atom is 0.106 e. The Morgan fingerprint density at radius 1 is 0.425 bits per heavy atom. The minimum absolute atomic E-state index is 0. The van der Waals surface area contributed by atoms with Gasteiger partial charge in [0.2, 0.25) is 0 Å².